The highest BCUT2D eigenvalue weighted by Crippen LogP contribution is 2.32. The van der Waals surface area contributed by atoms with E-state index in [1.54, 1.807) is 24.3 Å². The summed E-state index contributed by atoms with van der Waals surface area (Å²) >= 11 is 0. The molecule has 0 bridgehead atoms. The molecule has 0 aromatic heterocycles. The van der Waals surface area contributed by atoms with Crippen LogP contribution in [0.15, 0.2) is 24.3 Å². The van der Waals surface area contributed by atoms with Crippen molar-refractivity contribution >= 4 is 41.4 Å². The average Bonchev–Trinajstić information content (AvgIpc) is 3.19. The van der Waals surface area contributed by atoms with E-state index in [0.717, 1.165) is 5.56 Å². The summed E-state index contributed by atoms with van der Waals surface area (Å²) in [6.45, 7) is 4.81. The van der Waals surface area contributed by atoms with Gasteiger partial charge in [0.15, 0.2) is 0 Å². The third-order valence-corrected chi connectivity index (χ3v) is 6.02. The third kappa shape index (κ3) is 6.72. The lowest BCUT2D eigenvalue weighted by Gasteiger charge is -2.27. The molecule has 0 aliphatic carbocycles. The van der Waals surface area contributed by atoms with E-state index in [1.807, 2.05) is 13.8 Å². The van der Waals surface area contributed by atoms with Crippen LogP contribution in [0.25, 0.3) is 0 Å². The smallest absolute Gasteiger partial charge is 0.305 e. The number of nitrogens with one attached hydrogen (secondary N) is 2. The molecule has 184 valence electrons. The molecule has 3 N–H and O–H groups in total. The second-order valence-corrected chi connectivity index (χ2v) is 8.58. The Morgan fingerprint density at radius 1 is 1.18 bits per heavy atom. The lowest BCUT2D eigenvalue weighted by atomic mass is 9.87. The van der Waals surface area contributed by atoms with Gasteiger partial charge in [-0.15, -0.1) is 0 Å². The molecule has 34 heavy (non-hydrogen) atoms. The summed E-state index contributed by atoms with van der Waals surface area (Å²) in [5.74, 6) is -3.60. The molecule has 3 amide bonds. The van der Waals surface area contributed by atoms with Crippen molar-refractivity contribution in [3.05, 3.63) is 29.8 Å². The molecule has 2 rings (SSSR count). The van der Waals surface area contributed by atoms with Crippen LogP contribution in [0, 0.1) is 11.8 Å². The average molecular weight is 474 g/mol. The number of carboxylic acids is 1. The Morgan fingerprint density at radius 3 is 2.44 bits per heavy atom. The first kappa shape index (κ1) is 26.7. The zero-order valence-corrected chi connectivity index (χ0v) is 19.6. The molecule has 0 spiro atoms. The number of hydrogen-bond acceptors (Lipinski definition) is 6. The Bertz CT molecular complexity index is 962. The molecule has 1 aromatic carbocycles. The van der Waals surface area contributed by atoms with Crippen molar-refractivity contribution in [3.63, 3.8) is 0 Å². The van der Waals surface area contributed by atoms with Crippen LogP contribution in [0.2, 0.25) is 0 Å². The summed E-state index contributed by atoms with van der Waals surface area (Å²) in [6, 6.07) is 4.69. The first-order valence-corrected chi connectivity index (χ1v) is 11.2. The number of aldehydes is 1. The summed E-state index contributed by atoms with van der Waals surface area (Å²) in [5, 5.41) is 13.9. The van der Waals surface area contributed by atoms with Crippen molar-refractivity contribution in [2.75, 3.05) is 11.4 Å². The van der Waals surface area contributed by atoms with Crippen molar-refractivity contribution in [1.82, 2.24) is 10.6 Å². The number of hydrogen-bond donors (Lipinski definition) is 3. The van der Waals surface area contributed by atoms with Gasteiger partial charge in [0, 0.05) is 24.4 Å². The van der Waals surface area contributed by atoms with Gasteiger partial charge in [-0.1, -0.05) is 38.5 Å². The second kappa shape index (κ2) is 12.1. The number of para-hydroxylation sites is 1. The Morgan fingerprint density at radius 2 is 1.85 bits per heavy atom. The molecule has 10 heteroatoms. The number of carbonyl (C=O) groups is 6. The van der Waals surface area contributed by atoms with Crippen LogP contribution in [0.4, 0.5) is 5.69 Å². The van der Waals surface area contributed by atoms with Crippen LogP contribution >= 0.6 is 0 Å². The topological polar surface area (TPSA) is 150 Å². The number of benzene rings is 1. The number of nitrogens with zero attached hydrogens (tertiary/aromatic N) is 1. The van der Waals surface area contributed by atoms with Crippen molar-refractivity contribution in [2.24, 2.45) is 11.8 Å². The quantitative estimate of drug-likeness (QED) is 0.381. The van der Waals surface area contributed by atoms with Crippen molar-refractivity contribution in [1.29, 1.82) is 0 Å². The monoisotopic (exact) mass is 473 g/mol. The second-order valence-electron chi connectivity index (χ2n) is 8.58. The van der Waals surface area contributed by atoms with Crippen molar-refractivity contribution < 1.29 is 33.9 Å². The van der Waals surface area contributed by atoms with Crippen molar-refractivity contribution in [2.45, 2.75) is 58.5 Å². The highest BCUT2D eigenvalue weighted by molar-refractivity contribution is 6.05. The number of rotatable bonds is 12. The molecule has 0 radical (unpaired) electrons. The zero-order valence-electron chi connectivity index (χ0n) is 19.6. The van der Waals surface area contributed by atoms with Crippen molar-refractivity contribution in [3.8, 4) is 0 Å². The minimum absolute atomic E-state index is 0.0560. The Balaban J connectivity index is 2.18. The SMILES string of the molecule is CC[C@H](C)[C@H](CC(C)=O)C(=O)NCC(=O)N1c2ccccc2C[C@H]1C(=O)N[C@H](C=O)CC(=O)O. The van der Waals surface area contributed by atoms with E-state index in [0.29, 0.717) is 18.4 Å². The molecule has 10 nitrogen and oxygen atoms in total. The van der Waals surface area contributed by atoms with Crippen LogP contribution in [-0.4, -0.2) is 59.5 Å². The van der Waals surface area contributed by atoms with Gasteiger partial charge in [0.25, 0.3) is 0 Å². The van der Waals surface area contributed by atoms with E-state index in [-0.39, 0.29) is 31.1 Å². The maximum Gasteiger partial charge on any atom is 0.305 e. The number of Topliss-reactive ketones (excluding diaryl/α,β-unsaturated/α-hetero) is 1. The van der Waals surface area contributed by atoms with E-state index in [9.17, 15) is 28.8 Å². The minimum Gasteiger partial charge on any atom is -0.481 e. The molecule has 1 aliphatic heterocycles. The third-order valence-electron chi connectivity index (χ3n) is 6.02. The van der Waals surface area contributed by atoms with E-state index < -0.39 is 48.1 Å². The zero-order chi connectivity index (χ0) is 25.4. The number of aliphatic carboxylic acids is 1. The number of anilines is 1. The van der Waals surface area contributed by atoms with E-state index in [1.165, 1.54) is 11.8 Å². The van der Waals surface area contributed by atoms with Gasteiger partial charge in [-0.3, -0.25) is 24.1 Å². The minimum atomic E-state index is -1.25. The van der Waals surface area contributed by atoms with Gasteiger partial charge < -0.3 is 25.3 Å². The normalized spacial score (nSPS) is 17.1. The number of amides is 3. The van der Waals surface area contributed by atoms with Crippen LogP contribution in [0.3, 0.4) is 0 Å². The molecule has 0 unspecified atom stereocenters. The molecule has 0 fully saturated rings. The summed E-state index contributed by atoms with van der Waals surface area (Å²) in [6.07, 6.45) is 0.704. The van der Waals surface area contributed by atoms with E-state index in [2.05, 4.69) is 10.6 Å². The van der Waals surface area contributed by atoms with E-state index >= 15 is 0 Å². The summed E-state index contributed by atoms with van der Waals surface area (Å²) in [5.41, 5.74) is 1.24. The molecular weight excluding hydrogens is 442 g/mol. The van der Waals surface area contributed by atoms with Gasteiger partial charge in [-0.2, -0.15) is 0 Å². The first-order chi connectivity index (χ1) is 16.1. The van der Waals surface area contributed by atoms with Crippen LogP contribution in [-0.2, 0) is 35.2 Å². The predicted octanol–water partition coefficient (Wildman–Crippen LogP) is 0.860. The number of fused-ring (bicyclic) bond motifs is 1. The molecular formula is C24H31N3O7. The standard InChI is InChI=1S/C24H31N3O7/c1-4-14(2)18(9-15(3)29)23(33)25-12-21(30)27-19-8-6-5-7-16(19)10-20(27)24(34)26-17(13-28)11-22(31)32/h5-8,13-14,17-18,20H,4,9-12H2,1-3H3,(H,25,33)(H,26,34)(H,31,32)/t14-,17-,18-,20-/m0/s1. The van der Waals surface area contributed by atoms with Gasteiger partial charge >= 0.3 is 5.97 Å². The highest BCUT2D eigenvalue weighted by atomic mass is 16.4. The number of ketones is 1. The lowest BCUT2D eigenvalue weighted by molar-refractivity contribution is -0.139. The predicted molar refractivity (Wildman–Crippen MR) is 123 cm³/mol. The summed E-state index contributed by atoms with van der Waals surface area (Å²) in [7, 11) is 0. The Hall–Kier alpha value is -3.56. The van der Waals surface area contributed by atoms with Gasteiger partial charge in [-0.25, -0.2) is 0 Å². The van der Waals surface area contributed by atoms with Crippen LogP contribution in [0.1, 0.15) is 45.6 Å². The fourth-order valence-corrected chi connectivity index (χ4v) is 4.03. The first-order valence-electron chi connectivity index (χ1n) is 11.2. The molecule has 0 saturated carbocycles. The Kier molecular flexibility index (Phi) is 9.47. The van der Waals surface area contributed by atoms with Gasteiger partial charge in [0.1, 0.15) is 18.1 Å². The molecule has 4 atom stereocenters. The fourth-order valence-electron chi connectivity index (χ4n) is 4.03. The maximum absolute atomic E-state index is 13.1. The Labute approximate surface area is 198 Å². The molecule has 0 saturated heterocycles. The van der Waals surface area contributed by atoms with Crippen LogP contribution < -0.4 is 15.5 Å². The van der Waals surface area contributed by atoms with Crippen LogP contribution in [0.5, 0.6) is 0 Å². The molecule has 1 aromatic rings. The van der Waals surface area contributed by atoms with Gasteiger partial charge in [0.2, 0.25) is 17.7 Å². The highest BCUT2D eigenvalue weighted by Gasteiger charge is 2.39. The summed E-state index contributed by atoms with van der Waals surface area (Å²) in [4.78, 5) is 73.8. The number of carbonyl (C=O) groups excluding carboxylic acids is 5. The fraction of sp³-hybridized carbons (Fsp3) is 0.500. The van der Waals surface area contributed by atoms with Gasteiger partial charge in [-0.05, 0) is 24.5 Å². The lowest BCUT2D eigenvalue weighted by Crippen LogP contribution is -2.53. The van der Waals surface area contributed by atoms with Gasteiger partial charge in [0.05, 0.1) is 19.0 Å². The van der Waals surface area contributed by atoms with E-state index in [4.69, 9.17) is 5.11 Å². The maximum atomic E-state index is 13.1. The largest absolute Gasteiger partial charge is 0.481 e. The molecule has 1 heterocycles. The summed E-state index contributed by atoms with van der Waals surface area (Å²) < 4.78 is 0. The molecule has 1 aliphatic rings. The number of carboxylic acid groups (broad SMARTS) is 1.